The van der Waals surface area contributed by atoms with E-state index in [4.69, 9.17) is 0 Å². The average Bonchev–Trinajstić information content (AvgIpc) is 2.38. The fraction of sp³-hybridized carbons (Fsp3) is 0.600. The Morgan fingerprint density at radius 1 is 1.14 bits per heavy atom. The van der Waals surface area contributed by atoms with E-state index in [1.807, 2.05) is 6.92 Å². The zero-order valence-corrected chi connectivity index (χ0v) is 14.0. The molecule has 4 nitrogen and oxygen atoms in total. The summed E-state index contributed by atoms with van der Waals surface area (Å²) in [7, 11) is -3.16. The molecule has 0 radical (unpaired) electrons. The van der Waals surface area contributed by atoms with Gasteiger partial charge < -0.3 is 0 Å². The van der Waals surface area contributed by atoms with Gasteiger partial charge in [-0.25, -0.2) is 17.1 Å². The van der Waals surface area contributed by atoms with Gasteiger partial charge in [0, 0.05) is 32.2 Å². The zero-order valence-electron chi connectivity index (χ0n) is 13.2. The van der Waals surface area contributed by atoms with Crippen molar-refractivity contribution in [1.29, 1.82) is 0 Å². The summed E-state index contributed by atoms with van der Waals surface area (Å²) in [4.78, 5) is 2.18. The quantitative estimate of drug-likeness (QED) is 0.739. The molecule has 0 fully saturated rings. The van der Waals surface area contributed by atoms with Gasteiger partial charge in [-0.3, -0.25) is 4.90 Å². The van der Waals surface area contributed by atoms with Crippen molar-refractivity contribution in [2.24, 2.45) is 0 Å². The van der Waals surface area contributed by atoms with Gasteiger partial charge in [-0.05, 0) is 31.5 Å². The molecule has 0 bridgehead atoms. The summed E-state index contributed by atoms with van der Waals surface area (Å²) >= 11 is 0. The lowest BCUT2D eigenvalue weighted by Gasteiger charge is -2.29. The highest BCUT2D eigenvalue weighted by Crippen LogP contribution is 2.10. The first-order valence-corrected chi connectivity index (χ1v) is 9.02. The van der Waals surface area contributed by atoms with Gasteiger partial charge in [-0.15, -0.1) is 0 Å². The molecule has 0 saturated heterocycles. The van der Waals surface area contributed by atoms with Gasteiger partial charge in [0.25, 0.3) is 0 Å². The summed E-state index contributed by atoms with van der Waals surface area (Å²) in [6, 6.07) is 6.71. The molecule has 0 atom stereocenters. The molecule has 1 rings (SSSR count). The Hall–Kier alpha value is -0.980. The van der Waals surface area contributed by atoms with Crippen LogP contribution in [0.3, 0.4) is 0 Å². The molecule has 0 amide bonds. The Morgan fingerprint density at radius 3 is 2.14 bits per heavy atom. The van der Waals surface area contributed by atoms with Crippen LogP contribution >= 0.6 is 0 Å². The highest BCUT2D eigenvalue weighted by Gasteiger charge is 2.17. The van der Waals surface area contributed by atoms with Crippen molar-refractivity contribution in [2.45, 2.75) is 33.4 Å². The van der Waals surface area contributed by atoms with Crippen molar-refractivity contribution >= 4 is 10.0 Å². The Labute approximate surface area is 127 Å². The molecule has 1 aromatic rings. The summed E-state index contributed by atoms with van der Waals surface area (Å²) in [6.45, 7) is 8.24. The minimum absolute atomic E-state index is 0.246. The van der Waals surface area contributed by atoms with Crippen molar-refractivity contribution in [3.8, 4) is 0 Å². The van der Waals surface area contributed by atoms with Crippen LogP contribution in [0.2, 0.25) is 0 Å². The lowest BCUT2D eigenvalue weighted by Crippen LogP contribution is -2.40. The summed E-state index contributed by atoms with van der Waals surface area (Å²) in [6.07, 6.45) is 1.23. The van der Waals surface area contributed by atoms with Gasteiger partial charge in [-0.1, -0.05) is 19.1 Å². The van der Waals surface area contributed by atoms with E-state index in [1.165, 1.54) is 22.7 Å². The van der Waals surface area contributed by atoms with Gasteiger partial charge >= 0.3 is 0 Å². The smallest absolute Gasteiger partial charge is 0.211 e. The summed E-state index contributed by atoms with van der Waals surface area (Å²) in [5, 5.41) is 0. The molecule has 0 saturated carbocycles. The standard InChI is InChI=1S/C15H25FN2O2S/c1-5-18(21(4,19)20)11-10-17(13(2)3)12-14-6-8-15(16)9-7-14/h6-9,13H,5,10-12H2,1-4H3. The fourth-order valence-electron chi connectivity index (χ4n) is 2.14. The molecule has 1 aromatic carbocycles. The van der Waals surface area contributed by atoms with Crippen LogP contribution in [0.4, 0.5) is 4.39 Å². The molecule has 120 valence electrons. The molecule has 21 heavy (non-hydrogen) atoms. The number of benzene rings is 1. The predicted octanol–water partition coefficient (Wildman–Crippen LogP) is 2.32. The van der Waals surface area contributed by atoms with Crippen LogP contribution in [0.25, 0.3) is 0 Å². The molecule has 0 aliphatic heterocycles. The number of likely N-dealkylation sites (N-methyl/N-ethyl adjacent to an activating group) is 1. The summed E-state index contributed by atoms with van der Waals surface area (Å²) < 4.78 is 37.6. The van der Waals surface area contributed by atoms with E-state index in [2.05, 4.69) is 18.7 Å². The second-order valence-electron chi connectivity index (χ2n) is 5.45. The Kier molecular flexibility index (Phi) is 6.77. The van der Waals surface area contributed by atoms with Crippen molar-refractivity contribution in [1.82, 2.24) is 9.21 Å². The van der Waals surface area contributed by atoms with Gasteiger partial charge in [0.15, 0.2) is 0 Å². The molecule has 0 aromatic heterocycles. The van der Waals surface area contributed by atoms with Crippen molar-refractivity contribution in [2.75, 3.05) is 25.9 Å². The van der Waals surface area contributed by atoms with E-state index in [1.54, 1.807) is 12.1 Å². The molecule has 0 N–H and O–H groups in total. The second-order valence-corrected chi connectivity index (χ2v) is 7.43. The van der Waals surface area contributed by atoms with Gasteiger partial charge in [0.1, 0.15) is 5.82 Å². The van der Waals surface area contributed by atoms with Gasteiger partial charge in [-0.2, -0.15) is 0 Å². The van der Waals surface area contributed by atoms with Crippen molar-refractivity contribution in [3.05, 3.63) is 35.6 Å². The fourth-order valence-corrected chi connectivity index (χ4v) is 3.02. The summed E-state index contributed by atoms with van der Waals surface area (Å²) in [5.41, 5.74) is 1.02. The Balaban J connectivity index is 2.68. The molecule has 0 heterocycles. The van der Waals surface area contributed by atoms with E-state index in [0.717, 1.165) is 5.56 Å². The molecule has 0 aliphatic rings. The first-order valence-electron chi connectivity index (χ1n) is 7.17. The zero-order chi connectivity index (χ0) is 16.0. The van der Waals surface area contributed by atoms with Crippen molar-refractivity contribution < 1.29 is 12.8 Å². The largest absolute Gasteiger partial charge is 0.295 e. The lowest BCUT2D eigenvalue weighted by atomic mass is 10.2. The minimum atomic E-state index is -3.16. The average molecular weight is 316 g/mol. The van der Waals surface area contributed by atoms with Crippen LogP contribution < -0.4 is 0 Å². The highest BCUT2D eigenvalue weighted by molar-refractivity contribution is 7.88. The maximum Gasteiger partial charge on any atom is 0.211 e. The Bertz CT molecular complexity index is 529. The molecular weight excluding hydrogens is 291 g/mol. The maximum atomic E-state index is 12.9. The normalized spacial score (nSPS) is 12.6. The van der Waals surface area contributed by atoms with Gasteiger partial charge in [0.2, 0.25) is 10.0 Å². The van der Waals surface area contributed by atoms with Crippen LogP contribution in [0, 0.1) is 5.82 Å². The maximum absolute atomic E-state index is 12.9. The van der Waals surface area contributed by atoms with Crippen LogP contribution in [-0.2, 0) is 16.6 Å². The second kappa shape index (κ2) is 7.87. The lowest BCUT2D eigenvalue weighted by molar-refractivity contribution is 0.198. The van der Waals surface area contributed by atoms with E-state index in [-0.39, 0.29) is 11.9 Å². The van der Waals surface area contributed by atoms with E-state index >= 15 is 0 Å². The number of nitrogens with zero attached hydrogens (tertiary/aromatic N) is 2. The molecular formula is C15H25FN2O2S. The number of hydrogen-bond donors (Lipinski definition) is 0. The topological polar surface area (TPSA) is 40.6 Å². The first-order chi connectivity index (χ1) is 9.74. The van der Waals surface area contributed by atoms with Crippen molar-refractivity contribution in [3.63, 3.8) is 0 Å². The number of rotatable bonds is 8. The SMILES string of the molecule is CCN(CCN(Cc1ccc(F)cc1)C(C)C)S(C)(=O)=O. The molecule has 0 spiro atoms. The number of hydrogen-bond acceptors (Lipinski definition) is 3. The minimum Gasteiger partial charge on any atom is -0.295 e. The van der Waals surface area contributed by atoms with Crippen LogP contribution in [-0.4, -0.2) is 49.6 Å². The summed E-state index contributed by atoms with van der Waals surface area (Å²) in [5.74, 6) is -0.246. The molecule has 0 aliphatic carbocycles. The van der Waals surface area contributed by atoms with Crippen LogP contribution in [0.1, 0.15) is 26.3 Å². The molecule has 6 heteroatoms. The predicted molar refractivity (Wildman–Crippen MR) is 84.0 cm³/mol. The number of sulfonamides is 1. The monoisotopic (exact) mass is 316 g/mol. The first kappa shape index (κ1) is 18.1. The third-order valence-corrected chi connectivity index (χ3v) is 4.87. The van der Waals surface area contributed by atoms with E-state index in [9.17, 15) is 12.8 Å². The third kappa shape index (κ3) is 6.11. The van der Waals surface area contributed by atoms with Gasteiger partial charge in [0.05, 0.1) is 6.26 Å². The molecule has 0 unspecified atom stereocenters. The van der Waals surface area contributed by atoms with Crippen LogP contribution in [0.5, 0.6) is 0 Å². The van der Waals surface area contributed by atoms with E-state index in [0.29, 0.717) is 26.2 Å². The van der Waals surface area contributed by atoms with Crippen LogP contribution in [0.15, 0.2) is 24.3 Å². The number of halogens is 1. The van der Waals surface area contributed by atoms with E-state index < -0.39 is 10.0 Å². The Morgan fingerprint density at radius 2 is 1.71 bits per heavy atom. The third-order valence-electron chi connectivity index (χ3n) is 3.49. The highest BCUT2D eigenvalue weighted by atomic mass is 32.2.